The summed E-state index contributed by atoms with van der Waals surface area (Å²) in [4.78, 5) is 28.9. The average molecular weight is 484 g/mol. The fourth-order valence-corrected chi connectivity index (χ4v) is 3.90. The Morgan fingerprint density at radius 3 is 2.46 bits per heavy atom. The van der Waals surface area contributed by atoms with E-state index in [0.29, 0.717) is 34.5 Å². The van der Waals surface area contributed by atoms with Crippen molar-refractivity contribution in [1.29, 1.82) is 0 Å². The maximum absolute atomic E-state index is 13.6. The summed E-state index contributed by atoms with van der Waals surface area (Å²) >= 11 is 0. The maximum atomic E-state index is 13.6. The van der Waals surface area contributed by atoms with E-state index >= 15 is 0 Å². The first-order valence-corrected chi connectivity index (χ1v) is 11.8. The number of halogens is 1. The number of nitrogens with one attached hydrogen (secondary N) is 3. The highest BCUT2D eigenvalue weighted by Gasteiger charge is 2.23. The van der Waals surface area contributed by atoms with Gasteiger partial charge in [0.1, 0.15) is 22.9 Å². The molecule has 188 valence electrons. The molecule has 0 bridgehead atoms. The van der Waals surface area contributed by atoms with Gasteiger partial charge in [-0.1, -0.05) is 44.0 Å². The predicted molar refractivity (Wildman–Crippen MR) is 135 cm³/mol. The molecule has 0 spiro atoms. The van der Waals surface area contributed by atoms with Crippen molar-refractivity contribution in [3.8, 4) is 16.9 Å². The van der Waals surface area contributed by atoms with Crippen molar-refractivity contribution in [2.75, 3.05) is 13.7 Å². The number of para-hydroxylation sites is 1. The molecule has 35 heavy (non-hydrogen) atoms. The Morgan fingerprint density at radius 1 is 1.11 bits per heavy atom. The molecule has 0 aliphatic heterocycles. The number of ether oxygens (including phenoxy) is 2. The minimum absolute atomic E-state index is 0.230. The molecule has 7 nitrogen and oxygen atoms in total. The minimum Gasteiger partial charge on any atom is -0.495 e. The summed E-state index contributed by atoms with van der Waals surface area (Å²) < 4.78 is 24.4. The lowest BCUT2D eigenvalue weighted by Crippen LogP contribution is -2.45. The zero-order valence-electron chi connectivity index (χ0n) is 21.0. The summed E-state index contributed by atoms with van der Waals surface area (Å²) in [7, 11) is 1.56. The Morgan fingerprint density at radius 2 is 1.83 bits per heavy atom. The molecule has 1 aromatic heterocycles. The molecule has 8 heteroatoms. The fraction of sp³-hybridized carbons (Fsp3) is 0.407. The quantitative estimate of drug-likeness (QED) is 0.359. The molecule has 0 radical (unpaired) electrons. The van der Waals surface area contributed by atoms with Crippen LogP contribution < -0.4 is 15.4 Å². The van der Waals surface area contributed by atoms with Crippen LogP contribution in [-0.4, -0.2) is 42.3 Å². The molecule has 3 rings (SSSR count). The lowest BCUT2D eigenvalue weighted by atomic mass is 10.0. The van der Waals surface area contributed by atoms with Gasteiger partial charge in [-0.3, -0.25) is 4.79 Å². The molecule has 0 unspecified atom stereocenters. The number of amides is 2. The van der Waals surface area contributed by atoms with Crippen LogP contribution in [0.5, 0.6) is 5.75 Å². The number of aromatic amines is 1. The summed E-state index contributed by atoms with van der Waals surface area (Å²) in [5.74, 6) is -0.100. The smallest absolute Gasteiger partial charge is 0.407 e. The van der Waals surface area contributed by atoms with Gasteiger partial charge < -0.3 is 25.1 Å². The van der Waals surface area contributed by atoms with Crippen molar-refractivity contribution in [3.05, 3.63) is 54.0 Å². The van der Waals surface area contributed by atoms with Crippen LogP contribution >= 0.6 is 0 Å². The number of aromatic nitrogens is 1. The second kappa shape index (κ2) is 11.3. The van der Waals surface area contributed by atoms with Gasteiger partial charge in [-0.15, -0.1) is 0 Å². The van der Waals surface area contributed by atoms with Crippen LogP contribution in [0.15, 0.2) is 42.5 Å². The normalized spacial score (nSPS) is 12.3. The van der Waals surface area contributed by atoms with Gasteiger partial charge in [0.2, 0.25) is 0 Å². The highest BCUT2D eigenvalue weighted by Crippen LogP contribution is 2.36. The number of carbonyl (C=O) groups excluding carboxylic acids is 2. The Balaban J connectivity index is 1.88. The van der Waals surface area contributed by atoms with E-state index in [1.54, 1.807) is 46.1 Å². The van der Waals surface area contributed by atoms with E-state index in [1.807, 2.05) is 12.1 Å². The van der Waals surface area contributed by atoms with E-state index < -0.39 is 11.7 Å². The fourth-order valence-electron chi connectivity index (χ4n) is 3.90. The van der Waals surface area contributed by atoms with Gasteiger partial charge in [0, 0.05) is 23.5 Å². The van der Waals surface area contributed by atoms with Crippen molar-refractivity contribution >= 4 is 22.9 Å². The molecule has 1 heterocycles. The molecule has 0 saturated heterocycles. The van der Waals surface area contributed by atoms with Gasteiger partial charge in [0.15, 0.2) is 0 Å². The lowest BCUT2D eigenvalue weighted by Gasteiger charge is -2.24. The zero-order valence-corrected chi connectivity index (χ0v) is 21.0. The van der Waals surface area contributed by atoms with E-state index in [0.717, 1.165) is 18.2 Å². The van der Waals surface area contributed by atoms with Crippen molar-refractivity contribution in [2.24, 2.45) is 0 Å². The first kappa shape index (κ1) is 26.1. The largest absolute Gasteiger partial charge is 0.495 e. The monoisotopic (exact) mass is 483 g/mol. The molecule has 2 aromatic carbocycles. The molecule has 0 aliphatic carbocycles. The summed E-state index contributed by atoms with van der Waals surface area (Å²) in [5, 5.41) is 6.59. The topological polar surface area (TPSA) is 92.5 Å². The lowest BCUT2D eigenvalue weighted by molar-refractivity contribution is 0.0498. The molecular weight excluding hydrogens is 449 g/mol. The predicted octanol–water partition coefficient (Wildman–Crippen LogP) is 5.80. The van der Waals surface area contributed by atoms with Gasteiger partial charge in [0.05, 0.1) is 12.6 Å². The van der Waals surface area contributed by atoms with Crippen LogP contribution in [0, 0.1) is 5.82 Å². The van der Waals surface area contributed by atoms with E-state index in [-0.39, 0.29) is 24.3 Å². The molecule has 0 fully saturated rings. The second-order valence-electron chi connectivity index (χ2n) is 9.46. The summed E-state index contributed by atoms with van der Waals surface area (Å²) in [6.07, 6.45) is 2.02. The molecule has 0 aliphatic rings. The van der Waals surface area contributed by atoms with Crippen LogP contribution in [0.3, 0.4) is 0 Å². The molecule has 3 N–H and O–H groups in total. The van der Waals surface area contributed by atoms with Crippen LogP contribution in [0.25, 0.3) is 22.0 Å². The van der Waals surface area contributed by atoms with Crippen molar-refractivity contribution in [1.82, 2.24) is 15.6 Å². The zero-order chi connectivity index (χ0) is 25.6. The van der Waals surface area contributed by atoms with Crippen molar-refractivity contribution < 1.29 is 23.5 Å². The van der Waals surface area contributed by atoms with Crippen molar-refractivity contribution in [3.63, 3.8) is 0 Å². The van der Waals surface area contributed by atoms with Crippen LogP contribution in [-0.2, 0) is 4.74 Å². The number of alkyl carbamates (subject to hydrolysis) is 1. The number of benzene rings is 2. The third-order valence-corrected chi connectivity index (χ3v) is 5.51. The summed E-state index contributed by atoms with van der Waals surface area (Å²) in [6.45, 7) is 7.70. The number of fused-ring (bicyclic) bond motifs is 1. The number of H-pyrrole nitrogens is 1. The summed E-state index contributed by atoms with van der Waals surface area (Å²) in [6, 6.07) is 11.3. The van der Waals surface area contributed by atoms with Crippen LogP contribution in [0.1, 0.15) is 57.4 Å². The Kier molecular flexibility index (Phi) is 8.38. The number of hydrogen-bond acceptors (Lipinski definition) is 4. The van der Waals surface area contributed by atoms with Gasteiger partial charge in [-0.2, -0.15) is 0 Å². The van der Waals surface area contributed by atoms with Gasteiger partial charge >= 0.3 is 6.09 Å². The van der Waals surface area contributed by atoms with Gasteiger partial charge in [-0.25, -0.2) is 9.18 Å². The van der Waals surface area contributed by atoms with E-state index in [1.165, 1.54) is 12.1 Å². The number of hydrogen-bond donors (Lipinski definition) is 3. The number of rotatable bonds is 9. The maximum Gasteiger partial charge on any atom is 0.407 e. The number of carbonyl (C=O) groups is 2. The van der Waals surface area contributed by atoms with Crippen LogP contribution in [0.4, 0.5) is 9.18 Å². The highest BCUT2D eigenvalue weighted by molar-refractivity contribution is 6.11. The molecular formula is C27H34FN3O4. The van der Waals surface area contributed by atoms with Crippen LogP contribution in [0.2, 0.25) is 0 Å². The van der Waals surface area contributed by atoms with Gasteiger partial charge in [-0.05, 0) is 51.0 Å². The summed E-state index contributed by atoms with van der Waals surface area (Å²) in [5.41, 5.74) is 1.75. The molecule has 3 aromatic rings. The van der Waals surface area contributed by atoms with Crippen molar-refractivity contribution in [2.45, 2.75) is 58.6 Å². The Hall–Kier alpha value is -3.55. The molecule has 0 saturated carbocycles. The van der Waals surface area contributed by atoms with E-state index in [9.17, 15) is 14.0 Å². The second-order valence-corrected chi connectivity index (χ2v) is 9.46. The minimum atomic E-state index is -0.615. The number of methoxy groups -OCH3 is 1. The standard InChI is InChI=1S/C27H34FN3O4/c1-6-7-9-19(30-26(33)35-27(2,3)4)16-29-25(32)24-22(17-12-14-18(28)15-13-17)20-10-8-11-21(34-5)23(20)31-24/h8,10-15,19,31H,6-7,9,16H2,1-5H3,(H,29,32)(H,30,33)/t19-/m0/s1. The molecule has 2 amide bonds. The first-order chi connectivity index (χ1) is 16.6. The van der Waals surface area contributed by atoms with Gasteiger partial charge in [0.25, 0.3) is 5.91 Å². The highest BCUT2D eigenvalue weighted by atomic mass is 19.1. The third-order valence-electron chi connectivity index (χ3n) is 5.51. The Bertz CT molecular complexity index is 1170. The van der Waals surface area contributed by atoms with E-state index in [4.69, 9.17) is 9.47 Å². The first-order valence-electron chi connectivity index (χ1n) is 11.8. The molecule has 1 atom stereocenters. The Labute approximate surface area is 205 Å². The number of unbranched alkanes of at least 4 members (excludes halogenated alkanes) is 1. The SMILES string of the molecule is CCCC[C@@H](CNC(=O)c1[nH]c2c(OC)cccc2c1-c1ccc(F)cc1)NC(=O)OC(C)(C)C. The third kappa shape index (κ3) is 6.74. The average Bonchev–Trinajstić information content (AvgIpc) is 3.19. The van der Waals surface area contributed by atoms with E-state index in [2.05, 4.69) is 22.5 Å².